The second-order valence-electron chi connectivity index (χ2n) is 3.06. The maximum atomic E-state index is 11.6. The van der Waals surface area contributed by atoms with Crippen LogP contribution in [0.4, 0.5) is 4.53 Å². The molecule has 1 fully saturated rings. The summed E-state index contributed by atoms with van der Waals surface area (Å²) in [5, 5.41) is 9.36. The van der Waals surface area contributed by atoms with Crippen LogP contribution in [0.5, 0.6) is 0 Å². The molecule has 4 atom stereocenters. The third kappa shape index (κ3) is 1.89. The van der Waals surface area contributed by atoms with Gasteiger partial charge in [-0.1, -0.05) is 6.92 Å². The lowest BCUT2D eigenvalue weighted by Gasteiger charge is -2.33. The normalized spacial score (nSPS) is 45.8. The zero-order valence-electron chi connectivity index (χ0n) is 6.66. The van der Waals surface area contributed by atoms with E-state index in [1.54, 1.807) is 6.92 Å². The summed E-state index contributed by atoms with van der Waals surface area (Å²) in [4.78, 5) is 3.55. The fraction of sp³-hybridized carbons (Fsp3) is 1.00. The van der Waals surface area contributed by atoms with Crippen molar-refractivity contribution in [1.82, 2.24) is 0 Å². The fourth-order valence-corrected chi connectivity index (χ4v) is 1.34. The molecule has 0 aromatic rings. The zero-order chi connectivity index (χ0) is 8.43. The van der Waals surface area contributed by atoms with Crippen LogP contribution >= 0.6 is 0 Å². The second-order valence-corrected chi connectivity index (χ2v) is 3.06. The molecule has 0 aromatic heterocycles. The summed E-state index contributed by atoms with van der Waals surface area (Å²) in [7, 11) is 0. The van der Waals surface area contributed by atoms with Crippen LogP contribution in [0.15, 0.2) is 0 Å². The Labute approximate surface area is 65.0 Å². The third-order valence-electron chi connectivity index (χ3n) is 2.09. The van der Waals surface area contributed by atoms with Gasteiger partial charge in [0.05, 0.1) is 12.2 Å². The van der Waals surface area contributed by atoms with E-state index in [2.05, 4.69) is 4.94 Å². The molecule has 0 radical (unpaired) electrons. The van der Waals surface area contributed by atoms with E-state index >= 15 is 0 Å². The molecule has 1 heterocycles. The van der Waals surface area contributed by atoms with Crippen LogP contribution < -0.4 is 0 Å². The molecule has 1 unspecified atom stereocenters. The molecule has 1 saturated heterocycles. The Balaban J connectivity index is 2.47. The van der Waals surface area contributed by atoms with Crippen molar-refractivity contribution in [2.24, 2.45) is 5.92 Å². The predicted molar refractivity (Wildman–Crippen MR) is 36.3 cm³/mol. The zero-order valence-corrected chi connectivity index (χ0v) is 6.66. The molecule has 1 N–H and O–H groups in total. The molecule has 3 nitrogen and oxygen atoms in total. The van der Waals surface area contributed by atoms with E-state index in [1.807, 2.05) is 6.92 Å². The molecule has 66 valence electrons. The first-order valence-electron chi connectivity index (χ1n) is 3.76. The minimum atomic E-state index is -0.802. The van der Waals surface area contributed by atoms with Gasteiger partial charge in [-0.2, -0.15) is 4.94 Å². The maximum absolute atomic E-state index is 11.6. The van der Waals surface area contributed by atoms with E-state index < -0.39 is 12.4 Å². The van der Waals surface area contributed by atoms with E-state index in [0.29, 0.717) is 6.42 Å². The van der Waals surface area contributed by atoms with Crippen molar-refractivity contribution in [1.29, 1.82) is 0 Å². The van der Waals surface area contributed by atoms with Crippen molar-refractivity contribution < 1.29 is 19.3 Å². The highest BCUT2D eigenvalue weighted by Crippen LogP contribution is 2.25. The lowest BCUT2D eigenvalue weighted by atomic mass is 9.94. The molecule has 0 bridgehead atoms. The molecular formula is C7H13FO3. The number of hydrogen-bond donors (Lipinski definition) is 1. The smallest absolute Gasteiger partial charge is 0.197 e. The first kappa shape index (κ1) is 8.90. The Kier molecular flexibility index (Phi) is 2.81. The van der Waals surface area contributed by atoms with Gasteiger partial charge in [-0.15, -0.1) is 0 Å². The Hall–Kier alpha value is -0.190. The predicted octanol–water partition coefficient (Wildman–Crippen LogP) is 1.02. The Morgan fingerprint density at radius 3 is 2.64 bits per heavy atom. The number of aliphatic hydroxyl groups is 1. The summed E-state index contributed by atoms with van der Waals surface area (Å²) in [5.41, 5.74) is 0. The maximum Gasteiger partial charge on any atom is 0.197 e. The van der Waals surface area contributed by atoms with Crippen LogP contribution in [0, 0.1) is 5.92 Å². The van der Waals surface area contributed by atoms with Crippen LogP contribution in [-0.4, -0.2) is 23.6 Å². The second kappa shape index (κ2) is 3.47. The summed E-state index contributed by atoms with van der Waals surface area (Å²) >= 11 is 0. The Morgan fingerprint density at radius 2 is 2.18 bits per heavy atom. The highest BCUT2D eigenvalue weighted by molar-refractivity contribution is 4.77. The average molecular weight is 164 g/mol. The molecule has 11 heavy (non-hydrogen) atoms. The van der Waals surface area contributed by atoms with Gasteiger partial charge >= 0.3 is 0 Å². The van der Waals surface area contributed by atoms with Crippen LogP contribution in [0.2, 0.25) is 0 Å². The molecule has 4 heteroatoms. The van der Waals surface area contributed by atoms with Gasteiger partial charge < -0.3 is 9.84 Å². The minimum Gasteiger partial charge on any atom is -0.390 e. The number of hydrogen-bond acceptors (Lipinski definition) is 3. The van der Waals surface area contributed by atoms with Crippen molar-refractivity contribution in [2.45, 2.75) is 38.8 Å². The van der Waals surface area contributed by atoms with E-state index in [0.717, 1.165) is 0 Å². The van der Waals surface area contributed by atoms with Gasteiger partial charge in [-0.25, -0.2) is 0 Å². The summed E-state index contributed by atoms with van der Waals surface area (Å²) < 4.78 is 16.6. The van der Waals surface area contributed by atoms with E-state index in [4.69, 9.17) is 4.74 Å². The molecule has 0 aromatic carbocycles. The first-order valence-corrected chi connectivity index (χ1v) is 3.76. The molecule has 0 saturated carbocycles. The van der Waals surface area contributed by atoms with Gasteiger partial charge in [0.2, 0.25) is 0 Å². The monoisotopic (exact) mass is 164 g/mol. The van der Waals surface area contributed by atoms with Gasteiger partial charge in [-0.05, 0) is 17.4 Å². The molecule has 0 aliphatic carbocycles. The average Bonchev–Trinajstić information content (AvgIpc) is 1.99. The van der Waals surface area contributed by atoms with E-state index in [-0.39, 0.29) is 12.0 Å². The number of halogens is 1. The molecule has 0 amide bonds. The van der Waals surface area contributed by atoms with Crippen LogP contribution in [-0.2, 0) is 9.68 Å². The third-order valence-corrected chi connectivity index (χ3v) is 2.09. The van der Waals surface area contributed by atoms with Gasteiger partial charge in [0.1, 0.15) is 0 Å². The minimum absolute atomic E-state index is 0.0273. The number of aliphatic hydroxyl groups excluding tert-OH is 1. The lowest BCUT2D eigenvalue weighted by Crippen LogP contribution is -2.42. The van der Waals surface area contributed by atoms with Crippen LogP contribution in [0.1, 0.15) is 20.3 Å². The summed E-state index contributed by atoms with van der Waals surface area (Å²) in [6.45, 7) is 3.54. The largest absolute Gasteiger partial charge is 0.390 e. The van der Waals surface area contributed by atoms with Crippen molar-refractivity contribution in [3.8, 4) is 0 Å². The lowest BCUT2D eigenvalue weighted by molar-refractivity contribution is -0.317. The van der Waals surface area contributed by atoms with Crippen molar-refractivity contribution >= 4 is 0 Å². The Morgan fingerprint density at radius 1 is 1.55 bits per heavy atom. The quantitative estimate of drug-likeness (QED) is 0.628. The number of ether oxygens (including phenoxy) is 1. The SMILES string of the molecule is CC1O[C@@H](OF)C[C@H](C)[C@H]1O. The number of rotatable bonds is 1. The first-order chi connectivity index (χ1) is 5.15. The van der Waals surface area contributed by atoms with E-state index in [9.17, 15) is 9.63 Å². The molecule has 0 spiro atoms. The topological polar surface area (TPSA) is 38.7 Å². The Bertz CT molecular complexity index is 119. The summed E-state index contributed by atoms with van der Waals surface area (Å²) in [6, 6.07) is 0. The fourth-order valence-electron chi connectivity index (χ4n) is 1.34. The van der Waals surface area contributed by atoms with Crippen LogP contribution in [0.3, 0.4) is 0 Å². The summed E-state index contributed by atoms with van der Waals surface area (Å²) in [5.74, 6) is 0.0273. The molecule has 1 rings (SSSR count). The summed E-state index contributed by atoms with van der Waals surface area (Å²) in [6.07, 6.45) is -1.26. The van der Waals surface area contributed by atoms with Gasteiger partial charge in [0, 0.05) is 6.42 Å². The van der Waals surface area contributed by atoms with Crippen molar-refractivity contribution in [3.05, 3.63) is 0 Å². The van der Waals surface area contributed by atoms with Crippen LogP contribution in [0.25, 0.3) is 0 Å². The highest BCUT2D eigenvalue weighted by atomic mass is 19.3. The van der Waals surface area contributed by atoms with E-state index in [1.165, 1.54) is 0 Å². The standard InChI is InChI=1S/C7H13FO3/c1-4-3-6(11-8)10-5(2)7(4)9/h4-7,9H,3H2,1-2H3/t4-,5?,6-,7+/m0/s1. The van der Waals surface area contributed by atoms with Gasteiger partial charge in [0.25, 0.3) is 0 Å². The van der Waals surface area contributed by atoms with Gasteiger partial charge in [0.15, 0.2) is 6.29 Å². The van der Waals surface area contributed by atoms with Crippen molar-refractivity contribution in [3.63, 3.8) is 0 Å². The van der Waals surface area contributed by atoms with Gasteiger partial charge in [-0.3, -0.25) is 0 Å². The highest BCUT2D eigenvalue weighted by Gasteiger charge is 2.33. The molecule has 1 aliphatic heterocycles. The van der Waals surface area contributed by atoms with Crippen molar-refractivity contribution in [2.75, 3.05) is 0 Å². The molecule has 1 aliphatic rings. The molecular weight excluding hydrogens is 151 g/mol.